The van der Waals surface area contributed by atoms with E-state index in [1.807, 2.05) is 27.9 Å². The Morgan fingerprint density at radius 3 is 2.36 bits per heavy atom. The lowest BCUT2D eigenvalue weighted by atomic mass is 9.97. The molecule has 1 amide bonds. The largest absolute Gasteiger partial charge is 0.382 e. The van der Waals surface area contributed by atoms with Crippen LogP contribution in [0.2, 0.25) is 0 Å². The van der Waals surface area contributed by atoms with Crippen LogP contribution in [-0.4, -0.2) is 37.8 Å². The predicted molar refractivity (Wildman–Crippen MR) is 117 cm³/mol. The van der Waals surface area contributed by atoms with E-state index in [0.717, 1.165) is 68.0 Å². The zero-order valence-corrected chi connectivity index (χ0v) is 18.0. The first-order valence-corrected chi connectivity index (χ1v) is 10.3. The summed E-state index contributed by atoms with van der Waals surface area (Å²) in [6, 6.07) is 8.37. The zero-order chi connectivity index (χ0) is 20.7. The van der Waals surface area contributed by atoms with E-state index in [1.165, 1.54) is 5.69 Å². The number of nitrogens with two attached hydrogens (primary N) is 1. The number of aromatic nitrogens is 1. The van der Waals surface area contributed by atoms with Gasteiger partial charge in [0.15, 0.2) is 0 Å². The molecule has 2 N–H and O–H groups in total. The zero-order valence-electron chi connectivity index (χ0n) is 18.0. The molecule has 0 unspecified atom stereocenters. The standard InChI is InChI=1S/C23H35N3O2/c1-6-8-10-20-22(18-11-13-19(14-12-18)25(4)5)21(23(24)27)17(3)26(20)15-9-16-28-7-2/h11-14H,6-10,15-16H2,1-5H3,(H2,24,27). The number of benzene rings is 1. The van der Waals surface area contributed by atoms with Gasteiger partial charge in [0, 0.05) is 56.5 Å². The van der Waals surface area contributed by atoms with E-state index in [4.69, 9.17) is 10.5 Å². The van der Waals surface area contributed by atoms with Crippen molar-refractivity contribution in [3.63, 3.8) is 0 Å². The molecule has 2 aromatic rings. The summed E-state index contributed by atoms with van der Waals surface area (Å²) in [7, 11) is 4.05. The molecule has 28 heavy (non-hydrogen) atoms. The van der Waals surface area contributed by atoms with Crippen molar-refractivity contribution >= 4 is 11.6 Å². The highest BCUT2D eigenvalue weighted by Gasteiger charge is 2.24. The van der Waals surface area contributed by atoms with Crippen LogP contribution in [0.15, 0.2) is 24.3 Å². The number of ether oxygens (including phenoxy) is 1. The maximum Gasteiger partial charge on any atom is 0.251 e. The maximum absolute atomic E-state index is 12.4. The fraction of sp³-hybridized carbons (Fsp3) is 0.522. The first-order chi connectivity index (χ1) is 13.4. The first kappa shape index (κ1) is 22.0. The molecule has 5 heteroatoms. The number of carbonyl (C=O) groups excluding carboxylic acids is 1. The number of unbranched alkanes of at least 4 members (excludes halogenated alkanes) is 1. The van der Waals surface area contributed by atoms with Crippen LogP contribution in [0.3, 0.4) is 0 Å². The molecule has 0 saturated heterocycles. The van der Waals surface area contributed by atoms with Gasteiger partial charge in [-0.25, -0.2) is 0 Å². The van der Waals surface area contributed by atoms with Crippen LogP contribution < -0.4 is 10.6 Å². The Balaban J connectivity index is 2.54. The molecule has 5 nitrogen and oxygen atoms in total. The summed E-state index contributed by atoms with van der Waals surface area (Å²) < 4.78 is 7.79. The Labute approximate surface area is 169 Å². The second-order valence-corrected chi connectivity index (χ2v) is 7.39. The third-order valence-electron chi connectivity index (χ3n) is 5.19. The van der Waals surface area contributed by atoms with E-state index < -0.39 is 0 Å². The molecule has 1 aromatic heterocycles. The van der Waals surface area contributed by atoms with Gasteiger partial charge in [-0.15, -0.1) is 0 Å². The highest BCUT2D eigenvalue weighted by Crippen LogP contribution is 2.35. The van der Waals surface area contributed by atoms with Crippen LogP contribution in [0.1, 0.15) is 54.9 Å². The number of rotatable bonds is 11. The second kappa shape index (κ2) is 10.3. The summed E-state index contributed by atoms with van der Waals surface area (Å²) in [6.45, 7) is 8.49. The highest BCUT2D eigenvalue weighted by molar-refractivity contribution is 6.02. The SMILES string of the molecule is CCCCc1c(-c2ccc(N(C)C)cc2)c(C(N)=O)c(C)n1CCCOCC. The smallest absolute Gasteiger partial charge is 0.251 e. The van der Waals surface area contributed by atoms with Gasteiger partial charge in [0.2, 0.25) is 0 Å². The second-order valence-electron chi connectivity index (χ2n) is 7.39. The van der Waals surface area contributed by atoms with E-state index in [-0.39, 0.29) is 5.91 Å². The normalized spacial score (nSPS) is 11.0. The lowest BCUT2D eigenvalue weighted by molar-refractivity contribution is 0.1000. The topological polar surface area (TPSA) is 60.5 Å². The van der Waals surface area contributed by atoms with Crippen molar-refractivity contribution in [2.45, 2.75) is 53.0 Å². The van der Waals surface area contributed by atoms with Gasteiger partial charge in [0.25, 0.3) is 5.91 Å². The predicted octanol–water partition coefficient (Wildman–Crippen LogP) is 4.40. The van der Waals surface area contributed by atoms with Crippen molar-refractivity contribution in [1.82, 2.24) is 4.57 Å². The van der Waals surface area contributed by atoms with E-state index in [0.29, 0.717) is 5.56 Å². The number of anilines is 1. The van der Waals surface area contributed by atoms with Gasteiger partial charge in [-0.1, -0.05) is 25.5 Å². The van der Waals surface area contributed by atoms with E-state index in [9.17, 15) is 4.79 Å². The summed E-state index contributed by atoms with van der Waals surface area (Å²) in [5, 5.41) is 0. The van der Waals surface area contributed by atoms with Crippen molar-refractivity contribution in [2.24, 2.45) is 5.73 Å². The Kier molecular flexibility index (Phi) is 8.12. The molecule has 0 atom stereocenters. The van der Waals surface area contributed by atoms with Gasteiger partial charge >= 0.3 is 0 Å². The molecule has 0 aliphatic heterocycles. The quantitative estimate of drug-likeness (QED) is 0.583. The number of hydrogen-bond acceptors (Lipinski definition) is 3. The van der Waals surface area contributed by atoms with Crippen LogP contribution in [0.5, 0.6) is 0 Å². The summed E-state index contributed by atoms with van der Waals surface area (Å²) in [6.07, 6.45) is 4.04. The molecule has 1 heterocycles. The molecule has 0 fully saturated rings. The summed E-state index contributed by atoms with van der Waals surface area (Å²) >= 11 is 0. The molecular formula is C23H35N3O2. The van der Waals surface area contributed by atoms with Crippen molar-refractivity contribution < 1.29 is 9.53 Å². The molecule has 0 saturated carbocycles. The Hall–Kier alpha value is -2.27. The average Bonchev–Trinajstić information content (AvgIpc) is 2.95. The summed E-state index contributed by atoms with van der Waals surface area (Å²) in [4.78, 5) is 14.5. The minimum absolute atomic E-state index is 0.356. The lowest BCUT2D eigenvalue weighted by Crippen LogP contribution is -2.14. The van der Waals surface area contributed by atoms with Crippen LogP contribution >= 0.6 is 0 Å². The lowest BCUT2D eigenvalue weighted by Gasteiger charge is -2.15. The van der Waals surface area contributed by atoms with Gasteiger partial charge in [-0.2, -0.15) is 0 Å². The highest BCUT2D eigenvalue weighted by atomic mass is 16.5. The third-order valence-corrected chi connectivity index (χ3v) is 5.19. The number of nitrogens with zero attached hydrogens (tertiary/aromatic N) is 2. The first-order valence-electron chi connectivity index (χ1n) is 10.3. The molecule has 154 valence electrons. The fourth-order valence-corrected chi connectivity index (χ4v) is 3.71. The molecular weight excluding hydrogens is 350 g/mol. The van der Waals surface area contributed by atoms with Crippen LogP contribution in [0.4, 0.5) is 5.69 Å². The summed E-state index contributed by atoms with van der Waals surface area (Å²) in [5.74, 6) is -0.356. The van der Waals surface area contributed by atoms with Crippen molar-refractivity contribution in [3.8, 4) is 11.1 Å². The third kappa shape index (κ3) is 4.96. The summed E-state index contributed by atoms with van der Waals surface area (Å²) in [5.41, 5.74) is 11.8. The number of amides is 1. The van der Waals surface area contributed by atoms with Crippen molar-refractivity contribution in [2.75, 3.05) is 32.2 Å². The minimum Gasteiger partial charge on any atom is -0.382 e. The molecule has 0 radical (unpaired) electrons. The molecule has 0 aliphatic rings. The maximum atomic E-state index is 12.4. The van der Waals surface area contributed by atoms with Crippen LogP contribution in [0, 0.1) is 6.92 Å². The van der Waals surface area contributed by atoms with E-state index in [1.54, 1.807) is 0 Å². The minimum atomic E-state index is -0.356. The molecule has 1 aromatic carbocycles. The van der Waals surface area contributed by atoms with Gasteiger partial charge < -0.3 is 19.9 Å². The Morgan fingerprint density at radius 2 is 1.82 bits per heavy atom. The monoisotopic (exact) mass is 385 g/mol. The molecule has 0 aliphatic carbocycles. The number of carbonyl (C=O) groups is 1. The molecule has 2 rings (SSSR count). The van der Waals surface area contributed by atoms with Crippen molar-refractivity contribution in [3.05, 3.63) is 41.2 Å². The van der Waals surface area contributed by atoms with Crippen LogP contribution in [0.25, 0.3) is 11.1 Å². The fourth-order valence-electron chi connectivity index (χ4n) is 3.71. The number of primary amides is 1. The van der Waals surface area contributed by atoms with Gasteiger partial charge in [-0.05, 0) is 50.8 Å². The van der Waals surface area contributed by atoms with Gasteiger partial charge in [0.1, 0.15) is 0 Å². The van der Waals surface area contributed by atoms with Crippen molar-refractivity contribution in [1.29, 1.82) is 0 Å². The Bertz CT molecular complexity index is 776. The Morgan fingerprint density at radius 1 is 1.14 bits per heavy atom. The number of hydrogen-bond donors (Lipinski definition) is 1. The molecule has 0 bridgehead atoms. The van der Waals surface area contributed by atoms with Gasteiger partial charge in [0.05, 0.1) is 5.56 Å². The van der Waals surface area contributed by atoms with E-state index >= 15 is 0 Å². The molecule has 0 spiro atoms. The average molecular weight is 386 g/mol. The van der Waals surface area contributed by atoms with Gasteiger partial charge in [-0.3, -0.25) is 4.79 Å². The van der Waals surface area contributed by atoms with E-state index in [2.05, 4.69) is 40.7 Å². The van der Waals surface area contributed by atoms with Crippen LogP contribution in [-0.2, 0) is 17.7 Å².